The molecule has 1 saturated heterocycles. The number of halogens is 3. The van der Waals surface area contributed by atoms with Gasteiger partial charge in [0.2, 0.25) is 10.0 Å². The number of carbonyl (C=O) groups excluding carboxylic acids is 1. The minimum Gasteiger partial charge on any atom is -0.373 e. The lowest BCUT2D eigenvalue weighted by molar-refractivity contribution is -0.136. The van der Waals surface area contributed by atoms with Crippen LogP contribution in [0.5, 0.6) is 0 Å². The monoisotopic (exact) mass is 442 g/mol. The minimum absolute atomic E-state index is 0.0672. The van der Waals surface area contributed by atoms with Crippen molar-refractivity contribution in [2.75, 3.05) is 18.4 Å². The number of nitrogens with one attached hydrogen (secondary N) is 1. The molecule has 2 aromatic rings. The summed E-state index contributed by atoms with van der Waals surface area (Å²) < 4.78 is 72.2. The molecule has 10 heteroatoms. The van der Waals surface area contributed by atoms with Crippen LogP contribution in [0.4, 0.5) is 18.9 Å². The van der Waals surface area contributed by atoms with Crippen LogP contribution in [-0.4, -0.2) is 43.9 Å². The van der Waals surface area contributed by atoms with Crippen molar-refractivity contribution in [2.45, 2.75) is 37.1 Å². The molecule has 0 radical (unpaired) electrons. The van der Waals surface area contributed by atoms with Crippen molar-refractivity contribution < 1.29 is 31.1 Å². The fourth-order valence-electron chi connectivity index (χ4n) is 3.31. The van der Waals surface area contributed by atoms with E-state index in [-0.39, 0.29) is 35.8 Å². The number of rotatable bonds is 4. The number of benzene rings is 2. The van der Waals surface area contributed by atoms with E-state index in [0.29, 0.717) is 0 Å². The summed E-state index contributed by atoms with van der Waals surface area (Å²) in [7, 11) is -3.89. The van der Waals surface area contributed by atoms with E-state index in [0.717, 1.165) is 18.2 Å². The molecule has 1 amide bonds. The minimum atomic E-state index is -4.64. The average Bonchev–Trinajstić information content (AvgIpc) is 2.67. The Labute approximate surface area is 172 Å². The van der Waals surface area contributed by atoms with Gasteiger partial charge in [0.15, 0.2) is 0 Å². The van der Waals surface area contributed by atoms with E-state index in [9.17, 15) is 26.4 Å². The number of amides is 1. The topological polar surface area (TPSA) is 75.7 Å². The van der Waals surface area contributed by atoms with Crippen molar-refractivity contribution in [3.63, 3.8) is 0 Å². The second kappa shape index (κ2) is 8.37. The van der Waals surface area contributed by atoms with Crippen molar-refractivity contribution in [3.05, 3.63) is 59.7 Å². The van der Waals surface area contributed by atoms with Crippen LogP contribution in [0.3, 0.4) is 0 Å². The molecule has 0 unspecified atom stereocenters. The quantitative estimate of drug-likeness (QED) is 0.783. The molecule has 1 heterocycles. The number of para-hydroxylation sites is 1. The first-order chi connectivity index (χ1) is 14.0. The first-order valence-corrected chi connectivity index (χ1v) is 10.7. The number of alkyl halides is 3. The van der Waals surface area contributed by atoms with Crippen molar-refractivity contribution >= 4 is 21.6 Å². The van der Waals surface area contributed by atoms with Crippen molar-refractivity contribution in [3.8, 4) is 0 Å². The second-order valence-corrected chi connectivity index (χ2v) is 9.04. The largest absolute Gasteiger partial charge is 0.418 e. The lowest BCUT2D eigenvalue weighted by Gasteiger charge is -2.34. The number of carbonyl (C=O) groups is 1. The molecule has 2 aromatic carbocycles. The van der Waals surface area contributed by atoms with Crippen LogP contribution >= 0.6 is 0 Å². The first kappa shape index (κ1) is 22.3. The summed E-state index contributed by atoms with van der Waals surface area (Å²) in [6.07, 6.45) is -5.21. The molecule has 3 rings (SSSR count). The lowest BCUT2D eigenvalue weighted by atomic mass is 10.1. The molecule has 1 aliphatic rings. The highest BCUT2D eigenvalue weighted by Gasteiger charge is 2.34. The number of sulfonamides is 1. The Morgan fingerprint density at radius 2 is 1.70 bits per heavy atom. The van der Waals surface area contributed by atoms with Gasteiger partial charge in [0.1, 0.15) is 0 Å². The summed E-state index contributed by atoms with van der Waals surface area (Å²) in [5.74, 6) is -0.840. The highest BCUT2D eigenvalue weighted by atomic mass is 32.2. The summed E-state index contributed by atoms with van der Waals surface area (Å²) in [5.41, 5.74) is -1.46. The summed E-state index contributed by atoms with van der Waals surface area (Å²) in [6.45, 7) is 3.87. The molecule has 0 bridgehead atoms. The van der Waals surface area contributed by atoms with Crippen LogP contribution in [0.25, 0.3) is 0 Å². The van der Waals surface area contributed by atoms with E-state index >= 15 is 0 Å². The van der Waals surface area contributed by atoms with Gasteiger partial charge in [0.25, 0.3) is 5.91 Å². The average molecular weight is 442 g/mol. The second-order valence-electron chi connectivity index (χ2n) is 7.10. The van der Waals surface area contributed by atoms with Crippen LogP contribution in [0.1, 0.15) is 29.8 Å². The van der Waals surface area contributed by atoms with E-state index in [4.69, 9.17) is 4.74 Å². The van der Waals surface area contributed by atoms with Gasteiger partial charge in [-0.1, -0.05) is 18.2 Å². The van der Waals surface area contributed by atoms with Crippen LogP contribution in [-0.2, 0) is 20.9 Å². The van der Waals surface area contributed by atoms with E-state index in [1.54, 1.807) is 13.8 Å². The van der Waals surface area contributed by atoms with Gasteiger partial charge < -0.3 is 10.1 Å². The third-order valence-corrected chi connectivity index (χ3v) is 6.43. The van der Waals surface area contributed by atoms with E-state index < -0.39 is 33.4 Å². The molecule has 1 N–H and O–H groups in total. The van der Waals surface area contributed by atoms with Crippen molar-refractivity contribution in [1.29, 1.82) is 0 Å². The summed E-state index contributed by atoms with van der Waals surface area (Å²) in [4.78, 5) is 12.4. The zero-order valence-corrected chi connectivity index (χ0v) is 17.1. The molecule has 2 atom stereocenters. The zero-order chi connectivity index (χ0) is 22.1. The third kappa shape index (κ3) is 4.82. The van der Waals surface area contributed by atoms with E-state index in [1.807, 2.05) is 0 Å². The van der Waals surface area contributed by atoms with Gasteiger partial charge in [-0.05, 0) is 44.2 Å². The molecule has 0 aromatic heterocycles. The number of ether oxygens (including phenoxy) is 1. The number of morpholine rings is 1. The van der Waals surface area contributed by atoms with Crippen molar-refractivity contribution in [1.82, 2.24) is 4.31 Å². The smallest absolute Gasteiger partial charge is 0.373 e. The third-order valence-electron chi connectivity index (χ3n) is 4.60. The zero-order valence-electron chi connectivity index (χ0n) is 16.3. The van der Waals surface area contributed by atoms with Gasteiger partial charge in [0, 0.05) is 18.7 Å². The SMILES string of the molecule is C[C@@H]1CN(S(=O)(=O)c2cccc(C(=O)Nc3ccccc3C(F)(F)F)c2)C[C@@H](C)O1. The van der Waals surface area contributed by atoms with Gasteiger partial charge in [0.05, 0.1) is 28.4 Å². The summed E-state index contributed by atoms with van der Waals surface area (Å²) in [5, 5.41) is 2.22. The molecule has 0 aliphatic carbocycles. The fourth-order valence-corrected chi connectivity index (χ4v) is 4.94. The van der Waals surface area contributed by atoms with E-state index in [1.165, 1.54) is 34.6 Å². The van der Waals surface area contributed by atoms with Gasteiger partial charge >= 0.3 is 6.18 Å². The normalized spacial score (nSPS) is 20.7. The molecular weight excluding hydrogens is 421 g/mol. The maximum atomic E-state index is 13.1. The molecule has 1 aliphatic heterocycles. The summed E-state index contributed by atoms with van der Waals surface area (Å²) in [6, 6.07) is 9.81. The van der Waals surface area contributed by atoms with Crippen molar-refractivity contribution in [2.24, 2.45) is 0 Å². The molecule has 30 heavy (non-hydrogen) atoms. The van der Waals surface area contributed by atoms with Crippen LogP contribution < -0.4 is 5.32 Å². The Hall–Kier alpha value is -2.43. The molecule has 1 fully saturated rings. The predicted molar refractivity (Wildman–Crippen MR) is 105 cm³/mol. The Kier molecular flexibility index (Phi) is 6.21. The lowest BCUT2D eigenvalue weighted by Crippen LogP contribution is -2.48. The van der Waals surface area contributed by atoms with Gasteiger partial charge in [-0.25, -0.2) is 8.42 Å². The Morgan fingerprint density at radius 3 is 2.33 bits per heavy atom. The number of hydrogen-bond donors (Lipinski definition) is 1. The predicted octanol–water partition coefficient (Wildman–Crippen LogP) is 3.76. The maximum Gasteiger partial charge on any atom is 0.418 e. The maximum absolute atomic E-state index is 13.1. The Balaban J connectivity index is 1.86. The fraction of sp³-hybridized carbons (Fsp3) is 0.350. The Morgan fingerprint density at radius 1 is 1.07 bits per heavy atom. The molecule has 0 spiro atoms. The number of nitrogens with zero attached hydrogens (tertiary/aromatic N) is 1. The standard InChI is InChI=1S/C20H21F3N2O4S/c1-13-11-25(12-14(2)29-13)30(27,28)16-7-5-6-15(10-16)19(26)24-18-9-4-3-8-17(18)20(21,22)23/h3-10,13-14H,11-12H2,1-2H3,(H,24,26)/t13-,14-/m1/s1. The summed E-state index contributed by atoms with van der Waals surface area (Å²) >= 11 is 0. The van der Waals surface area contributed by atoms with Crippen LogP contribution in [0.15, 0.2) is 53.4 Å². The van der Waals surface area contributed by atoms with Crippen LogP contribution in [0.2, 0.25) is 0 Å². The molecule has 6 nitrogen and oxygen atoms in total. The highest BCUT2D eigenvalue weighted by molar-refractivity contribution is 7.89. The molecule has 162 valence electrons. The highest BCUT2D eigenvalue weighted by Crippen LogP contribution is 2.34. The first-order valence-electron chi connectivity index (χ1n) is 9.21. The molecule has 0 saturated carbocycles. The van der Waals surface area contributed by atoms with Gasteiger partial charge in [-0.3, -0.25) is 4.79 Å². The Bertz CT molecular complexity index is 1030. The van der Waals surface area contributed by atoms with E-state index in [2.05, 4.69) is 5.32 Å². The van der Waals surface area contributed by atoms with Gasteiger partial charge in [-0.15, -0.1) is 0 Å². The number of anilines is 1. The molecular formula is C20H21F3N2O4S. The van der Waals surface area contributed by atoms with Crippen LogP contribution in [0, 0.1) is 0 Å². The van der Waals surface area contributed by atoms with Gasteiger partial charge in [-0.2, -0.15) is 17.5 Å². The number of hydrogen-bond acceptors (Lipinski definition) is 4.